The molecule has 1 N–H and O–H groups in total. The highest BCUT2D eigenvalue weighted by atomic mass is 32.1. The summed E-state index contributed by atoms with van der Waals surface area (Å²) >= 11 is 1.71. The van der Waals surface area contributed by atoms with Crippen LogP contribution in [0.3, 0.4) is 0 Å². The van der Waals surface area contributed by atoms with E-state index in [0.717, 1.165) is 25.2 Å². The maximum absolute atomic E-state index is 5.32. The first-order chi connectivity index (χ1) is 9.81. The zero-order valence-electron chi connectivity index (χ0n) is 12.0. The molecule has 0 aliphatic rings. The van der Waals surface area contributed by atoms with Gasteiger partial charge in [0.05, 0.1) is 6.61 Å². The third-order valence-electron chi connectivity index (χ3n) is 2.89. The monoisotopic (exact) mass is 295 g/mol. The van der Waals surface area contributed by atoms with Gasteiger partial charge < -0.3 is 14.6 Å². The minimum absolute atomic E-state index is 0.218. The van der Waals surface area contributed by atoms with Crippen molar-refractivity contribution in [2.24, 2.45) is 0 Å². The predicted octanol–water partition coefficient (Wildman–Crippen LogP) is 2.28. The Morgan fingerprint density at radius 2 is 2.40 bits per heavy atom. The summed E-state index contributed by atoms with van der Waals surface area (Å²) in [5, 5.41) is 9.51. The van der Waals surface area contributed by atoms with E-state index < -0.39 is 0 Å². The van der Waals surface area contributed by atoms with Crippen molar-refractivity contribution in [1.82, 2.24) is 15.5 Å². The Morgan fingerprint density at radius 3 is 3.10 bits per heavy atom. The molecule has 0 radical (unpaired) electrons. The van der Waals surface area contributed by atoms with E-state index in [0.29, 0.717) is 18.9 Å². The summed E-state index contributed by atoms with van der Waals surface area (Å²) in [6, 6.07) is 4.33. The highest BCUT2D eigenvalue weighted by Gasteiger charge is 2.14. The number of rotatable bonds is 9. The first-order valence-corrected chi connectivity index (χ1v) is 7.76. The molecule has 5 nitrogen and oxygen atoms in total. The Balaban J connectivity index is 1.89. The average Bonchev–Trinajstić information content (AvgIpc) is 3.09. The predicted molar refractivity (Wildman–Crippen MR) is 79.1 cm³/mol. The molecule has 0 fully saturated rings. The normalized spacial score (nSPS) is 12.7. The summed E-state index contributed by atoms with van der Waals surface area (Å²) in [6.45, 7) is 3.75. The van der Waals surface area contributed by atoms with Crippen molar-refractivity contribution in [3.8, 4) is 0 Å². The first kappa shape index (κ1) is 15.2. The van der Waals surface area contributed by atoms with Gasteiger partial charge in [0.2, 0.25) is 5.89 Å². The van der Waals surface area contributed by atoms with E-state index in [1.165, 1.54) is 4.88 Å². The first-order valence-electron chi connectivity index (χ1n) is 6.88. The number of ether oxygens (including phenoxy) is 1. The van der Waals surface area contributed by atoms with Gasteiger partial charge in [-0.1, -0.05) is 18.1 Å². The van der Waals surface area contributed by atoms with Crippen molar-refractivity contribution in [1.29, 1.82) is 0 Å². The Bertz CT molecular complexity index is 484. The van der Waals surface area contributed by atoms with E-state index in [1.54, 1.807) is 18.4 Å². The van der Waals surface area contributed by atoms with Crippen LogP contribution in [0.5, 0.6) is 0 Å². The van der Waals surface area contributed by atoms with Crippen LogP contribution in [0.4, 0.5) is 0 Å². The summed E-state index contributed by atoms with van der Waals surface area (Å²) in [7, 11) is 1.71. The molecule has 2 aromatic rings. The maximum atomic E-state index is 5.32. The van der Waals surface area contributed by atoms with Crippen molar-refractivity contribution in [3.05, 3.63) is 34.1 Å². The van der Waals surface area contributed by atoms with Crippen molar-refractivity contribution in [3.63, 3.8) is 0 Å². The summed E-state index contributed by atoms with van der Waals surface area (Å²) in [4.78, 5) is 5.69. The number of nitrogens with zero attached hydrogens (tertiary/aromatic N) is 2. The second-order valence-corrected chi connectivity index (χ2v) is 5.70. The smallest absolute Gasteiger partial charge is 0.228 e. The maximum Gasteiger partial charge on any atom is 0.228 e. The fraction of sp³-hybridized carbons (Fsp3) is 0.571. The molecule has 0 saturated heterocycles. The molecule has 0 spiro atoms. The van der Waals surface area contributed by atoms with Crippen LogP contribution >= 0.6 is 11.3 Å². The summed E-state index contributed by atoms with van der Waals surface area (Å²) in [5.41, 5.74) is 0. The van der Waals surface area contributed by atoms with Crippen LogP contribution in [0.1, 0.15) is 29.9 Å². The van der Waals surface area contributed by atoms with Crippen LogP contribution < -0.4 is 5.32 Å². The van der Waals surface area contributed by atoms with Gasteiger partial charge in [0, 0.05) is 30.9 Å². The lowest BCUT2D eigenvalue weighted by molar-refractivity contribution is 0.161. The number of aromatic nitrogens is 2. The average molecular weight is 295 g/mol. The molecule has 2 heterocycles. The number of methoxy groups -OCH3 is 1. The Kier molecular flexibility index (Phi) is 6.17. The van der Waals surface area contributed by atoms with Gasteiger partial charge in [-0.25, -0.2) is 0 Å². The van der Waals surface area contributed by atoms with E-state index in [2.05, 4.69) is 33.8 Å². The zero-order valence-corrected chi connectivity index (χ0v) is 12.8. The third-order valence-corrected chi connectivity index (χ3v) is 3.77. The fourth-order valence-corrected chi connectivity index (χ4v) is 2.67. The third kappa shape index (κ3) is 4.70. The van der Waals surface area contributed by atoms with E-state index in [9.17, 15) is 0 Å². The number of nitrogens with one attached hydrogen (secondary N) is 1. The molecule has 20 heavy (non-hydrogen) atoms. The molecule has 0 bridgehead atoms. The fourth-order valence-electron chi connectivity index (χ4n) is 1.96. The molecule has 2 rings (SSSR count). The van der Waals surface area contributed by atoms with Gasteiger partial charge in [0.1, 0.15) is 0 Å². The molecule has 1 unspecified atom stereocenters. The molecule has 0 aliphatic carbocycles. The summed E-state index contributed by atoms with van der Waals surface area (Å²) in [5.74, 6) is 1.41. The number of hydrogen-bond donors (Lipinski definition) is 1. The molecule has 110 valence electrons. The van der Waals surface area contributed by atoms with E-state index >= 15 is 0 Å². The second-order valence-electron chi connectivity index (χ2n) is 4.67. The van der Waals surface area contributed by atoms with Crippen molar-refractivity contribution < 1.29 is 9.26 Å². The summed E-state index contributed by atoms with van der Waals surface area (Å²) in [6.07, 6.45) is 2.53. The van der Waals surface area contributed by atoms with Gasteiger partial charge >= 0.3 is 0 Å². The van der Waals surface area contributed by atoms with Crippen molar-refractivity contribution in [2.45, 2.75) is 32.2 Å². The van der Waals surface area contributed by atoms with Gasteiger partial charge in [0.25, 0.3) is 0 Å². The van der Waals surface area contributed by atoms with E-state index in [1.807, 2.05) is 6.07 Å². The quantitative estimate of drug-likeness (QED) is 0.769. The highest BCUT2D eigenvalue weighted by Crippen LogP contribution is 2.13. The van der Waals surface area contributed by atoms with Crippen LogP contribution in [0.25, 0.3) is 0 Å². The van der Waals surface area contributed by atoms with Crippen LogP contribution in [-0.2, 0) is 17.6 Å². The molecule has 0 amide bonds. The van der Waals surface area contributed by atoms with Gasteiger partial charge in [-0.2, -0.15) is 4.98 Å². The summed E-state index contributed by atoms with van der Waals surface area (Å²) < 4.78 is 10.5. The lowest BCUT2D eigenvalue weighted by atomic mass is 10.2. The molecular formula is C14H21N3O2S. The van der Waals surface area contributed by atoms with E-state index in [-0.39, 0.29) is 6.04 Å². The zero-order chi connectivity index (χ0) is 14.2. The number of thiophene rings is 1. The van der Waals surface area contributed by atoms with Gasteiger partial charge in [-0.05, 0) is 24.4 Å². The van der Waals surface area contributed by atoms with Crippen LogP contribution in [0.2, 0.25) is 0 Å². The van der Waals surface area contributed by atoms with E-state index in [4.69, 9.17) is 9.26 Å². The van der Waals surface area contributed by atoms with Gasteiger partial charge in [0.15, 0.2) is 5.82 Å². The van der Waals surface area contributed by atoms with Crippen LogP contribution in [0, 0.1) is 0 Å². The lowest BCUT2D eigenvalue weighted by Crippen LogP contribution is -2.35. The second kappa shape index (κ2) is 8.14. The van der Waals surface area contributed by atoms with Crippen LogP contribution in [-0.4, -0.2) is 36.4 Å². The molecule has 6 heteroatoms. The van der Waals surface area contributed by atoms with Gasteiger partial charge in [-0.15, -0.1) is 11.3 Å². The molecule has 1 atom stereocenters. The van der Waals surface area contributed by atoms with Crippen LogP contribution in [0.15, 0.2) is 22.0 Å². The number of hydrogen-bond acceptors (Lipinski definition) is 6. The minimum atomic E-state index is 0.218. The standard InChI is InChI=1S/C14H21N3O2S/c1-3-6-15-11(10-18-2)8-14-16-13(17-19-14)9-12-5-4-7-20-12/h4-5,7,11,15H,3,6,8-10H2,1-2H3. The van der Waals surface area contributed by atoms with Crippen molar-refractivity contribution in [2.75, 3.05) is 20.3 Å². The molecule has 2 aromatic heterocycles. The van der Waals surface area contributed by atoms with Crippen molar-refractivity contribution >= 4 is 11.3 Å². The minimum Gasteiger partial charge on any atom is -0.383 e. The topological polar surface area (TPSA) is 60.2 Å². The lowest BCUT2D eigenvalue weighted by Gasteiger charge is -2.15. The highest BCUT2D eigenvalue weighted by molar-refractivity contribution is 7.09. The van der Waals surface area contributed by atoms with Gasteiger partial charge in [-0.3, -0.25) is 0 Å². The molecular weight excluding hydrogens is 274 g/mol. The molecule has 0 aliphatic heterocycles. The largest absolute Gasteiger partial charge is 0.383 e. The Labute approximate surface area is 123 Å². The Hall–Kier alpha value is -1.24. The molecule has 0 aromatic carbocycles. The SMILES string of the molecule is CCCNC(COC)Cc1nc(Cc2cccs2)no1. The Morgan fingerprint density at radius 1 is 1.50 bits per heavy atom. The molecule has 0 saturated carbocycles.